The SMILES string of the molecule is [C-]#[N+]CC(=O)NC(CC)(CC)c1ccccc1. The summed E-state index contributed by atoms with van der Waals surface area (Å²) < 4.78 is 0. The molecule has 0 bridgehead atoms. The molecule has 0 heterocycles. The van der Waals surface area contributed by atoms with Crippen LogP contribution in [0.1, 0.15) is 32.3 Å². The van der Waals surface area contributed by atoms with Crippen molar-refractivity contribution in [3.05, 3.63) is 47.3 Å². The van der Waals surface area contributed by atoms with Gasteiger partial charge in [0.1, 0.15) is 0 Å². The molecule has 0 aromatic heterocycles. The minimum absolute atomic E-state index is 0.103. The standard InChI is InChI=1S/C14H18N2O/c1-4-14(5-2,16-13(17)11-15-3)12-9-7-6-8-10-12/h6-10H,4-5,11H2,1-2H3,(H,16,17). The van der Waals surface area contributed by atoms with Gasteiger partial charge in [0.05, 0.1) is 5.54 Å². The highest BCUT2D eigenvalue weighted by Crippen LogP contribution is 2.28. The summed E-state index contributed by atoms with van der Waals surface area (Å²) in [5, 5.41) is 2.99. The van der Waals surface area contributed by atoms with Gasteiger partial charge in [0.25, 0.3) is 6.54 Å². The summed E-state index contributed by atoms with van der Waals surface area (Å²) >= 11 is 0. The molecule has 3 nitrogen and oxygen atoms in total. The zero-order valence-corrected chi connectivity index (χ0v) is 10.4. The van der Waals surface area contributed by atoms with Crippen LogP contribution in [0, 0.1) is 6.57 Å². The highest BCUT2D eigenvalue weighted by atomic mass is 16.2. The van der Waals surface area contributed by atoms with Gasteiger partial charge >= 0.3 is 5.91 Å². The fraction of sp³-hybridized carbons (Fsp3) is 0.429. The van der Waals surface area contributed by atoms with Gasteiger partial charge in [-0.25, -0.2) is 6.57 Å². The van der Waals surface area contributed by atoms with Crippen molar-refractivity contribution in [3.8, 4) is 0 Å². The quantitative estimate of drug-likeness (QED) is 0.775. The van der Waals surface area contributed by atoms with Crippen molar-refractivity contribution >= 4 is 5.91 Å². The zero-order valence-electron chi connectivity index (χ0n) is 10.4. The Morgan fingerprint density at radius 2 is 1.88 bits per heavy atom. The van der Waals surface area contributed by atoms with Gasteiger partial charge in [-0.05, 0) is 18.4 Å². The van der Waals surface area contributed by atoms with Gasteiger partial charge in [0.15, 0.2) is 0 Å². The summed E-state index contributed by atoms with van der Waals surface area (Å²) in [6.45, 7) is 10.7. The molecule has 1 N–H and O–H groups in total. The second-order valence-corrected chi connectivity index (χ2v) is 4.02. The maximum Gasteiger partial charge on any atom is 0.300 e. The summed E-state index contributed by atoms with van der Waals surface area (Å²) in [5.74, 6) is -0.201. The summed E-state index contributed by atoms with van der Waals surface area (Å²) in [6, 6.07) is 9.93. The highest BCUT2D eigenvalue weighted by Gasteiger charge is 2.30. The Morgan fingerprint density at radius 3 is 2.35 bits per heavy atom. The fourth-order valence-corrected chi connectivity index (χ4v) is 2.04. The van der Waals surface area contributed by atoms with Crippen molar-refractivity contribution in [3.63, 3.8) is 0 Å². The Morgan fingerprint density at radius 1 is 1.29 bits per heavy atom. The molecular weight excluding hydrogens is 212 g/mol. The van der Waals surface area contributed by atoms with Gasteiger partial charge < -0.3 is 10.2 Å². The van der Waals surface area contributed by atoms with Crippen LogP contribution < -0.4 is 5.32 Å². The minimum Gasteiger partial charge on any atom is -0.340 e. The molecule has 0 radical (unpaired) electrons. The zero-order chi connectivity index (χ0) is 12.7. The van der Waals surface area contributed by atoms with E-state index in [4.69, 9.17) is 6.57 Å². The second-order valence-electron chi connectivity index (χ2n) is 4.02. The van der Waals surface area contributed by atoms with E-state index in [-0.39, 0.29) is 18.0 Å². The van der Waals surface area contributed by atoms with Gasteiger partial charge in [0, 0.05) is 0 Å². The first-order valence-corrected chi connectivity index (χ1v) is 5.88. The number of carbonyl (C=O) groups excluding carboxylic acids is 1. The number of rotatable bonds is 5. The smallest absolute Gasteiger partial charge is 0.300 e. The number of nitrogens with one attached hydrogen (secondary N) is 1. The molecule has 1 rings (SSSR count). The van der Waals surface area contributed by atoms with Crippen LogP contribution in [0.15, 0.2) is 30.3 Å². The van der Waals surface area contributed by atoms with Crippen LogP contribution in [0.4, 0.5) is 0 Å². The first-order chi connectivity index (χ1) is 8.18. The monoisotopic (exact) mass is 230 g/mol. The van der Waals surface area contributed by atoms with E-state index in [0.29, 0.717) is 0 Å². The van der Waals surface area contributed by atoms with E-state index in [1.807, 2.05) is 30.3 Å². The van der Waals surface area contributed by atoms with Crippen molar-refractivity contribution < 1.29 is 4.79 Å². The van der Waals surface area contributed by atoms with Gasteiger partial charge in [-0.3, -0.25) is 4.79 Å². The van der Waals surface area contributed by atoms with E-state index < -0.39 is 0 Å². The van der Waals surface area contributed by atoms with Gasteiger partial charge in [-0.2, -0.15) is 0 Å². The highest BCUT2D eigenvalue weighted by molar-refractivity contribution is 5.80. The maximum atomic E-state index is 11.6. The Balaban J connectivity index is 2.98. The predicted molar refractivity (Wildman–Crippen MR) is 68.3 cm³/mol. The molecule has 0 aliphatic rings. The molecule has 0 saturated heterocycles. The maximum absolute atomic E-state index is 11.6. The van der Waals surface area contributed by atoms with Crippen LogP contribution in [-0.2, 0) is 10.3 Å². The Bertz CT molecular complexity index is 402. The normalized spacial score (nSPS) is 10.6. The van der Waals surface area contributed by atoms with Crippen LogP contribution in [0.25, 0.3) is 4.85 Å². The van der Waals surface area contributed by atoms with Crippen LogP contribution in [0.3, 0.4) is 0 Å². The molecule has 0 saturated carbocycles. The second kappa shape index (κ2) is 6.05. The molecule has 0 unspecified atom stereocenters. The molecule has 1 aromatic rings. The number of carbonyl (C=O) groups is 1. The lowest BCUT2D eigenvalue weighted by molar-refractivity contribution is -0.121. The Kier molecular flexibility index (Phi) is 4.71. The van der Waals surface area contributed by atoms with E-state index >= 15 is 0 Å². The topological polar surface area (TPSA) is 33.5 Å². The molecular formula is C14H18N2O. The van der Waals surface area contributed by atoms with Gasteiger partial charge in [-0.15, -0.1) is 0 Å². The lowest BCUT2D eigenvalue weighted by atomic mass is 9.84. The molecule has 0 aliphatic carbocycles. The summed E-state index contributed by atoms with van der Waals surface area (Å²) in [6.07, 6.45) is 1.63. The molecule has 0 atom stereocenters. The van der Waals surface area contributed by atoms with E-state index in [1.165, 1.54) is 0 Å². The van der Waals surface area contributed by atoms with Crippen molar-refractivity contribution in [2.75, 3.05) is 6.54 Å². The average molecular weight is 230 g/mol. The molecule has 17 heavy (non-hydrogen) atoms. The molecule has 0 spiro atoms. The Hall–Kier alpha value is -1.82. The molecule has 0 aliphatic heterocycles. The summed E-state index contributed by atoms with van der Waals surface area (Å²) in [7, 11) is 0. The van der Waals surface area contributed by atoms with Crippen molar-refractivity contribution in [1.82, 2.24) is 5.32 Å². The number of hydrogen-bond acceptors (Lipinski definition) is 1. The van der Waals surface area contributed by atoms with E-state index in [0.717, 1.165) is 18.4 Å². The lowest BCUT2D eigenvalue weighted by Crippen LogP contribution is -2.45. The van der Waals surface area contributed by atoms with Crippen molar-refractivity contribution in [2.24, 2.45) is 0 Å². The van der Waals surface area contributed by atoms with Gasteiger partial charge in [-0.1, -0.05) is 44.2 Å². The minimum atomic E-state index is -0.344. The predicted octanol–water partition coefficient (Wildman–Crippen LogP) is 2.74. The molecule has 1 aromatic carbocycles. The number of benzene rings is 1. The third-order valence-electron chi connectivity index (χ3n) is 3.13. The van der Waals surface area contributed by atoms with E-state index in [1.54, 1.807) is 0 Å². The molecule has 0 fully saturated rings. The number of hydrogen-bond donors (Lipinski definition) is 1. The van der Waals surface area contributed by atoms with E-state index in [9.17, 15) is 4.79 Å². The lowest BCUT2D eigenvalue weighted by Gasteiger charge is -2.32. The first kappa shape index (κ1) is 13.2. The third-order valence-corrected chi connectivity index (χ3v) is 3.13. The fourth-order valence-electron chi connectivity index (χ4n) is 2.04. The van der Waals surface area contributed by atoms with Crippen LogP contribution in [0.2, 0.25) is 0 Å². The van der Waals surface area contributed by atoms with Crippen molar-refractivity contribution in [1.29, 1.82) is 0 Å². The van der Waals surface area contributed by atoms with E-state index in [2.05, 4.69) is 24.0 Å². The van der Waals surface area contributed by atoms with Crippen LogP contribution in [-0.4, -0.2) is 12.5 Å². The van der Waals surface area contributed by atoms with Gasteiger partial charge in [0.2, 0.25) is 0 Å². The van der Waals surface area contributed by atoms with Crippen LogP contribution >= 0.6 is 0 Å². The molecule has 1 amide bonds. The summed E-state index contributed by atoms with van der Waals surface area (Å²) in [5.41, 5.74) is 0.756. The first-order valence-electron chi connectivity index (χ1n) is 5.88. The Labute approximate surface area is 103 Å². The average Bonchev–Trinajstić information content (AvgIpc) is 2.37. The number of nitrogens with zero attached hydrogens (tertiary/aromatic N) is 1. The van der Waals surface area contributed by atoms with Crippen LogP contribution in [0.5, 0.6) is 0 Å². The third kappa shape index (κ3) is 3.07. The molecule has 90 valence electrons. The van der Waals surface area contributed by atoms with Crippen molar-refractivity contribution in [2.45, 2.75) is 32.2 Å². The largest absolute Gasteiger partial charge is 0.340 e. The number of amides is 1. The molecule has 3 heteroatoms. The summed E-state index contributed by atoms with van der Waals surface area (Å²) in [4.78, 5) is 14.7.